The number of hydrogen-bond acceptors (Lipinski definition) is 3. The van der Waals surface area contributed by atoms with E-state index in [0.29, 0.717) is 17.1 Å². The molecule has 4 heteroatoms. The van der Waals surface area contributed by atoms with Crippen molar-refractivity contribution in [2.75, 3.05) is 13.7 Å². The van der Waals surface area contributed by atoms with Crippen LogP contribution < -0.4 is 5.32 Å². The number of rotatable bonds is 6. The number of benzene rings is 1. The zero-order valence-corrected chi connectivity index (χ0v) is 11.2. The first-order valence-electron chi connectivity index (χ1n) is 5.76. The molecule has 1 amide bonds. The molecule has 0 fully saturated rings. The maximum Gasteiger partial charge on any atom is 0.252 e. The first-order chi connectivity index (χ1) is 8.19. The highest BCUT2D eigenvalue weighted by Gasteiger charge is 2.14. The Morgan fingerprint density at radius 2 is 2.18 bits per heavy atom. The van der Waals surface area contributed by atoms with Crippen molar-refractivity contribution in [3.8, 4) is 0 Å². The zero-order valence-electron chi connectivity index (χ0n) is 10.3. The molecule has 3 nitrogen and oxygen atoms in total. The topological polar surface area (TPSA) is 38.3 Å². The fourth-order valence-electron chi connectivity index (χ4n) is 1.68. The Bertz CT molecular complexity index is 362. The molecule has 0 spiro atoms. The maximum absolute atomic E-state index is 12.0. The minimum atomic E-state index is -0.0916. The average Bonchev–Trinajstić information content (AvgIpc) is 2.30. The maximum atomic E-state index is 12.0. The third-order valence-corrected chi connectivity index (χ3v) is 2.88. The normalized spacial score (nSPS) is 12.2. The van der Waals surface area contributed by atoms with Crippen molar-refractivity contribution >= 4 is 18.5 Å². The summed E-state index contributed by atoms with van der Waals surface area (Å²) in [4.78, 5) is 12.7. The Morgan fingerprint density at radius 3 is 2.76 bits per heavy atom. The summed E-state index contributed by atoms with van der Waals surface area (Å²) in [7, 11) is 1.64. The predicted molar refractivity (Wildman–Crippen MR) is 71.7 cm³/mol. The number of carbonyl (C=O) groups excluding carboxylic acids is 1. The summed E-state index contributed by atoms with van der Waals surface area (Å²) in [5.74, 6) is -0.0916. The van der Waals surface area contributed by atoms with E-state index in [4.69, 9.17) is 4.74 Å². The van der Waals surface area contributed by atoms with Crippen LogP contribution in [0.15, 0.2) is 29.2 Å². The van der Waals surface area contributed by atoms with Crippen molar-refractivity contribution in [2.24, 2.45) is 0 Å². The lowest BCUT2D eigenvalue weighted by atomic mass is 10.1. The summed E-state index contributed by atoms with van der Waals surface area (Å²) in [6.07, 6.45) is 1.92. The third kappa shape index (κ3) is 4.40. The fourth-order valence-corrected chi connectivity index (χ4v) is 1.94. The van der Waals surface area contributed by atoms with Gasteiger partial charge in [0, 0.05) is 12.0 Å². The van der Waals surface area contributed by atoms with Crippen molar-refractivity contribution in [2.45, 2.75) is 30.7 Å². The summed E-state index contributed by atoms with van der Waals surface area (Å²) in [6, 6.07) is 7.33. The third-order valence-electron chi connectivity index (χ3n) is 2.49. The summed E-state index contributed by atoms with van der Waals surface area (Å²) in [5, 5.41) is 2.96. The molecule has 1 unspecified atom stereocenters. The molecule has 1 aromatic carbocycles. The Kier molecular flexibility index (Phi) is 6.08. The molecule has 0 radical (unpaired) electrons. The van der Waals surface area contributed by atoms with Crippen molar-refractivity contribution in [1.82, 2.24) is 5.32 Å². The van der Waals surface area contributed by atoms with Gasteiger partial charge in [0.1, 0.15) is 0 Å². The number of ether oxygens (including phenoxy) is 1. The van der Waals surface area contributed by atoms with Crippen molar-refractivity contribution in [1.29, 1.82) is 0 Å². The van der Waals surface area contributed by atoms with Crippen LogP contribution >= 0.6 is 12.6 Å². The molecule has 0 aliphatic rings. The summed E-state index contributed by atoms with van der Waals surface area (Å²) in [5.41, 5.74) is 0.605. The predicted octanol–water partition coefficient (Wildman–Crippen LogP) is 2.52. The van der Waals surface area contributed by atoms with Gasteiger partial charge >= 0.3 is 0 Å². The lowest BCUT2D eigenvalue weighted by Gasteiger charge is -2.17. The van der Waals surface area contributed by atoms with Gasteiger partial charge in [-0.2, -0.15) is 0 Å². The van der Waals surface area contributed by atoms with Gasteiger partial charge < -0.3 is 10.1 Å². The highest BCUT2D eigenvalue weighted by Crippen LogP contribution is 2.13. The Balaban J connectivity index is 2.67. The lowest BCUT2D eigenvalue weighted by molar-refractivity contribution is 0.0889. The zero-order chi connectivity index (χ0) is 12.7. The molecule has 0 aliphatic heterocycles. The van der Waals surface area contributed by atoms with E-state index in [2.05, 4.69) is 24.9 Å². The van der Waals surface area contributed by atoms with Crippen LogP contribution in [0.3, 0.4) is 0 Å². The van der Waals surface area contributed by atoms with Crippen LogP contribution in [0.1, 0.15) is 30.1 Å². The molecular weight excluding hydrogens is 234 g/mol. The molecule has 0 aliphatic carbocycles. The van der Waals surface area contributed by atoms with Gasteiger partial charge in [0.2, 0.25) is 0 Å². The van der Waals surface area contributed by atoms with Gasteiger partial charge in [0.25, 0.3) is 5.91 Å². The van der Waals surface area contributed by atoms with Crippen molar-refractivity contribution in [3.05, 3.63) is 29.8 Å². The highest BCUT2D eigenvalue weighted by atomic mass is 32.1. The molecular formula is C13H19NO2S. The van der Waals surface area contributed by atoms with Crippen LogP contribution in [0, 0.1) is 0 Å². The van der Waals surface area contributed by atoms with Crippen LogP contribution in [-0.4, -0.2) is 25.7 Å². The summed E-state index contributed by atoms with van der Waals surface area (Å²) >= 11 is 4.27. The van der Waals surface area contributed by atoms with E-state index in [1.54, 1.807) is 13.2 Å². The van der Waals surface area contributed by atoms with Gasteiger partial charge in [-0.1, -0.05) is 25.5 Å². The van der Waals surface area contributed by atoms with Gasteiger partial charge in [-0.15, -0.1) is 12.6 Å². The van der Waals surface area contributed by atoms with E-state index in [1.165, 1.54) is 0 Å². The van der Waals surface area contributed by atoms with Crippen molar-refractivity contribution < 1.29 is 9.53 Å². The molecule has 0 saturated heterocycles. The van der Waals surface area contributed by atoms with E-state index in [0.717, 1.165) is 12.8 Å². The SMILES string of the molecule is CCCC(COC)NC(=O)c1ccccc1S. The fraction of sp³-hybridized carbons (Fsp3) is 0.462. The second kappa shape index (κ2) is 7.35. The molecule has 1 rings (SSSR count). The van der Waals surface area contributed by atoms with Crippen LogP contribution in [-0.2, 0) is 4.74 Å². The van der Waals surface area contributed by atoms with Crippen molar-refractivity contribution in [3.63, 3.8) is 0 Å². The standard InChI is InChI=1S/C13H19NO2S/c1-3-6-10(9-16-2)14-13(15)11-7-4-5-8-12(11)17/h4-5,7-8,10,17H,3,6,9H2,1-2H3,(H,14,15). The van der Waals surface area contributed by atoms with Crippen LogP contribution in [0.4, 0.5) is 0 Å². The summed E-state index contributed by atoms with van der Waals surface area (Å²) in [6.45, 7) is 2.62. The Labute approximate surface area is 108 Å². The number of methoxy groups -OCH3 is 1. The molecule has 94 valence electrons. The van der Waals surface area contributed by atoms with E-state index >= 15 is 0 Å². The number of thiol groups is 1. The van der Waals surface area contributed by atoms with Gasteiger partial charge in [0.15, 0.2) is 0 Å². The molecule has 0 aromatic heterocycles. The molecule has 0 heterocycles. The monoisotopic (exact) mass is 253 g/mol. The Morgan fingerprint density at radius 1 is 1.47 bits per heavy atom. The van der Waals surface area contributed by atoms with Crippen LogP contribution in [0.25, 0.3) is 0 Å². The van der Waals surface area contributed by atoms with Gasteiger partial charge in [-0.05, 0) is 18.6 Å². The minimum Gasteiger partial charge on any atom is -0.383 e. The quantitative estimate of drug-likeness (QED) is 0.765. The van der Waals surface area contributed by atoms with Gasteiger partial charge in [-0.25, -0.2) is 0 Å². The first-order valence-corrected chi connectivity index (χ1v) is 6.21. The van der Waals surface area contributed by atoms with E-state index in [1.807, 2.05) is 18.2 Å². The average molecular weight is 253 g/mol. The van der Waals surface area contributed by atoms with Gasteiger partial charge in [0.05, 0.1) is 18.2 Å². The molecule has 1 atom stereocenters. The van der Waals surface area contributed by atoms with Gasteiger partial charge in [-0.3, -0.25) is 4.79 Å². The number of hydrogen-bond donors (Lipinski definition) is 2. The van der Waals surface area contributed by atoms with E-state index < -0.39 is 0 Å². The first kappa shape index (κ1) is 14.1. The number of nitrogens with one attached hydrogen (secondary N) is 1. The minimum absolute atomic E-state index is 0.0606. The largest absolute Gasteiger partial charge is 0.383 e. The number of amides is 1. The molecule has 0 bridgehead atoms. The second-order valence-corrected chi connectivity index (χ2v) is 4.41. The Hall–Kier alpha value is -1.00. The molecule has 1 aromatic rings. The van der Waals surface area contributed by atoms with E-state index in [-0.39, 0.29) is 11.9 Å². The van der Waals surface area contributed by atoms with Crippen LogP contribution in [0.2, 0.25) is 0 Å². The highest BCUT2D eigenvalue weighted by molar-refractivity contribution is 7.80. The molecule has 0 saturated carbocycles. The molecule has 1 N–H and O–H groups in total. The smallest absolute Gasteiger partial charge is 0.252 e. The summed E-state index contributed by atoms with van der Waals surface area (Å²) < 4.78 is 5.09. The number of carbonyl (C=O) groups is 1. The lowest BCUT2D eigenvalue weighted by Crippen LogP contribution is -2.38. The second-order valence-electron chi connectivity index (χ2n) is 3.93. The van der Waals surface area contributed by atoms with E-state index in [9.17, 15) is 4.79 Å². The molecule has 17 heavy (non-hydrogen) atoms. The van der Waals surface area contributed by atoms with Crippen LogP contribution in [0.5, 0.6) is 0 Å².